The number of rotatable bonds is 4. The number of hydrogen-bond acceptors (Lipinski definition) is 3. The number of carbonyl (C=O) groups excluding carboxylic acids is 1. The molecule has 0 bridgehead atoms. The summed E-state index contributed by atoms with van der Waals surface area (Å²) in [5.41, 5.74) is 1.94. The number of aromatic amines is 1. The molecule has 0 saturated carbocycles. The highest BCUT2D eigenvalue weighted by Crippen LogP contribution is 2.20. The van der Waals surface area contributed by atoms with E-state index >= 15 is 0 Å². The minimum absolute atomic E-state index is 0.0719. The molecule has 0 radical (unpaired) electrons. The average Bonchev–Trinajstić information content (AvgIpc) is 2.85. The Hall–Kier alpha value is -2.30. The molecule has 1 aromatic carbocycles. The van der Waals surface area contributed by atoms with Crippen LogP contribution < -0.4 is 10.1 Å². The topological polar surface area (TPSA) is 67.0 Å². The van der Waals surface area contributed by atoms with Gasteiger partial charge in [-0.3, -0.25) is 4.79 Å². The number of nitrogens with zero attached hydrogens (tertiary/aromatic N) is 1. The maximum absolute atomic E-state index is 10.8. The molecule has 2 rings (SSSR count). The normalized spacial score (nSPS) is 10.1. The Kier molecular flexibility index (Phi) is 3.62. The van der Waals surface area contributed by atoms with E-state index in [9.17, 15) is 4.79 Å². The first-order valence-corrected chi connectivity index (χ1v) is 5.62. The molecule has 2 N–H and O–H groups in total. The van der Waals surface area contributed by atoms with Gasteiger partial charge in [0.1, 0.15) is 11.6 Å². The summed E-state index contributed by atoms with van der Waals surface area (Å²) in [5.74, 6) is 1.48. The van der Waals surface area contributed by atoms with E-state index in [-0.39, 0.29) is 5.91 Å². The average molecular weight is 245 g/mol. The lowest BCUT2D eigenvalue weighted by atomic mass is 10.2. The second-order valence-electron chi connectivity index (χ2n) is 3.88. The summed E-state index contributed by atoms with van der Waals surface area (Å²) >= 11 is 0. The number of carbonyl (C=O) groups is 1. The fraction of sp³-hybridized carbons (Fsp3) is 0.231. The monoisotopic (exact) mass is 245 g/mol. The van der Waals surface area contributed by atoms with Crippen LogP contribution in [0.4, 0.5) is 0 Å². The van der Waals surface area contributed by atoms with Crippen molar-refractivity contribution in [3.63, 3.8) is 0 Å². The molecule has 1 aromatic heterocycles. The van der Waals surface area contributed by atoms with E-state index < -0.39 is 0 Å². The first kappa shape index (κ1) is 12.2. The van der Waals surface area contributed by atoms with Crippen molar-refractivity contribution in [2.24, 2.45) is 0 Å². The summed E-state index contributed by atoms with van der Waals surface area (Å²) in [6, 6.07) is 7.69. The van der Waals surface area contributed by atoms with Crippen molar-refractivity contribution in [1.29, 1.82) is 0 Å². The number of H-pyrrole nitrogens is 1. The third-order valence-corrected chi connectivity index (χ3v) is 2.53. The zero-order valence-electron chi connectivity index (χ0n) is 10.4. The second-order valence-corrected chi connectivity index (χ2v) is 3.88. The summed E-state index contributed by atoms with van der Waals surface area (Å²) in [6.45, 7) is 1.89. The van der Waals surface area contributed by atoms with E-state index in [0.29, 0.717) is 6.54 Å². The Morgan fingerprint density at radius 2 is 2.11 bits per heavy atom. The van der Waals surface area contributed by atoms with Gasteiger partial charge in [0.2, 0.25) is 5.91 Å². The molecule has 0 aliphatic carbocycles. The first-order valence-electron chi connectivity index (χ1n) is 5.62. The van der Waals surface area contributed by atoms with Crippen molar-refractivity contribution in [2.45, 2.75) is 13.5 Å². The zero-order chi connectivity index (χ0) is 13.0. The van der Waals surface area contributed by atoms with E-state index in [1.54, 1.807) is 13.3 Å². The Labute approximate surface area is 105 Å². The minimum atomic E-state index is -0.0719. The molecule has 0 aliphatic rings. The van der Waals surface area contributed by atoms with Gasteiger partial charge in [0.25, 0.3) is 0 Å². The molecule has 5 heteroatoms. The molecule has 1 heterocycles. The van der Waals surface area contributed by atoms with E-state index in [2.05, 4.69) is 15.3 Å². The summed E-state index contributed by atoms with van der Waals surface area (Å²) in [7, 11) is 1.64. The van der Waals surface area contributed by atoms with E-state index in [1.165, 1.54) is 6.92 Å². The maximum atomic E-state index is 10.8. The fourth-order valence-corrected chi connectivity index (χ4v) is 1.58. The summed E-state index contributed by atoms with van der Waals surface area (Å²) < 4.78 is 5.10. The summed E-state index contributed by atoms with van der Waals surface area (Å²) in [4.78, 5) is 18.2. The first-order chi connectivity index (χ1) is 8.69. The van der Waals surface area contributed by atoms with Crippen molar-refractivity contribution < 1.29 is 9.53 Å². The fourth-order valence-electron chi connectivity index (χ4n) is 1.58. The van der Waals surface area contributed by atoms with Crippen LogP contribution in [0.25, 0.3) is 11.3 Å². The lowest BCUT2D eigenvalue weighted by Crippen LogP contribution is -2.19. The van der Waals surface area contributed by atoms with Gasteiger partial charge in [-0.05, 0) is 29.8 Å². The number of ether oxygens (including phenoxy) is 1. The Bertz CT molecular complexity index is 531. The molecule has 0 fully saturated rings. The van der Waals surface area contributed by atoms with Crippen LogP contribution in [0.5, 0.6) is 5.75 Å². The third-order valence-electron chi connectivity index (χ3n) is 2.53. The summed E-state index contributed by atoms with van der Waals surface area (Å²) in [5, 5.41) is 2.69. The van der Waals surface area contributed by atoms with E-state index in [4.69, 9.17) is 4.74 Å². The van der Waals surface area contributed by atoms with Gasteiger partial charge in [-0.15, -0.1) is 0 Å². The van der Waals surface area contributed by atoms with Gasteiger partial charge in [-0.2, -0.15) is 0 Å². The van der Waals surface area contributed by atoms with Crippen LogP contribution in [0.3, 0.4) is 0 Å². The predicted molar refractivity (Wildman–Crippen MR) is 68.1 cm³/mol. The number of methoxy groups -OCH3 is 1. The lowest BCUT2D eigenvalue weighted by Gasteiger charge is -2.01. The smallest absolute Gasteiger partial charge is 0.217 e. The molecule has 94 valence electrons. The SMILES string of the molecule is COc1ccc(-c2cnc(CNC(C)=O)[nH]2)cc1. The van der Waals surface area contributed by atoms with Crippen LogP contribution in [-0.2, 0) is 11.3 Å². The lowest BCUT2D eigenvalue weighted by molar-refractivity contribution is -0.119. The molecule has 0 unspecified atom stereocenters. The van der Waals surface area contributed by atoms with Gasteiger partial charge in [-0.1, -0.05) is 0 Å². The predicted octanol–water partition coefficient (Wildman–Crippen LogP) is 1.72. The number of benzene rings is 1. The van der Waals surface area contributed by atoms with Crippen LogP contribution >= 0.6 is 0 Å². The van der Waals surface area contributed by atoms with Crippen molar-refractivity contribution >= 4 is 5.91 Å². The molecule has 0 aliphatic heterocycles. The molecule has 0 atom stereocenters. The number of aromatic nitrogens is 2. The van der Waals surface area contributed by atoms with Crippen molar-refractivity contribution in [1.82, 2.24) is 15.3 Å². The maximum Gasteiger partial charge on any atom is 0.217 e. The highest BCUT2D eigenvalue weighted by molar-refractivity contribution is 5.72. The van der Waals surface area contributed by atoms with Crippen LogP contribution in [0, 0.1) is 0 Å². The summed E-state index contributed by atoms with van der Waals surface area (Å²) in [6.07, 6.45) is 1.75. The second kappa shape index (κ2) is 5.35. The molecule has 0 saturated heterocycles. The van der Waals surface area contributed by atoms with E-state index in [0.717, 1.165) is 22.8 Å². The molecule has 5 nitrogen and oxygen atoms in total. The highest BCUT2D eigenvalue weighted by atomic mass is 16.5. The van der Waals surface area contributed by atoms with Gasteiger partial charge in [0, 0.05) is 6.92 Å². The van der Waals surface area contributed by atoms with Crippen LogP contribution in [0.15, 0.2) is 30.5 Å². The Morgan fingerprint density at radius 1 is 1.39 bits per heavy atom. The van der Waals surface area contributed by atoms with Gasteiger partial charge < -0.3 is 15.0 Å². The molecule has 2 aromatic rings. The molecule has 18 heavy (non-hydrogen) atoms. The van der Waals surface area contributed by atoms with Gasteiger partial charge >= 0.3 is 0 Å². The number of amides is 1. The quantitative estimate of drug-likeness (QED) is 0.861. The number of imidazole rings is 1. The van der Waals surface area contributed by atoms with Gasteiger partial charge in [0.15, 0.2) is 0 Å². The van der Waals surface area contributed by atoms with Crippen LogP contribution in [-0.4, -0.2) is 23.0 Å². The van der Waals surface area contributed by atoms with Gasteiger partial charge in [0.05, 0.1) is 25.5 Å². The Balaban J connectivity index is 2.10. The zero-order valence-corrected chi connectivity index (χ0v) is 10.4. The molecule has 0 spiro atoms. The number of hydrogen-bond donors (Lipinski definition) is 2. The molecular weight excluding hydrogens is 230 g/mol. The van der Waals surface area contributed by atoms with E-state index in [1.807, 2.05) is 24.3 Å². The molecular formula is C13H15N3O2. The largest absolute Gasteiger partial charge is 0.497 e. The van der Waals surface area contributed by atoms with Crippen LogP contribution in [0.1, 0.15) is 12.7 Å². The van der Waals surface area contributed by atoms with Gasteiger partial charge in [-0.25, -0.2) is 4.98 Å². The minimum Gasteiger partial charge on any atom is -0.497 e. The Morgan fingerprint density at radius 3 is 2.72 bits per heavy atom. The van der Waals surface area contributed by atoms with Crippen LogP contribution in [0.2, 0.25) is 0 Å². The van der Waals surface area contributed by atoms with Crippen molar-refractivity contribution in [3.05, 3.63) is 36.3 Å². The van der Waals surface area contributed by atoms with Crippen molar-refractivity contribution in [2.75, 3.05) is 7.11 Å². The third kappa shape index (κ3) is 2.88. The number of nitrogens with one attached hydrogen (secondary N) is 2. The molecule has 1 amide bonds. The van der Waals surface area contributed by atoms with Crippen molar-refractivity contribution in [3.8, 4) is 17.0 Å². The highest BCUT2D eigenvalue weighted by Gasteiger charge is 2.03. The standard InChI is InChI=1S/C13H15N3O2/c1-9(17)14-8-13-15-7-12(16-13)10-3-5-11(18-2)6-4-10/h3-7H,8H2,1-2H3,(H,14,17)(H,15,16).